The number of fused-ring (bicyclic) bond motifs is 6. The number of hydrogen-bond donors (Lipinski definition) is 0. The minimum atomic E-state index is 0.0405. The van der Waals surface area contributed by atoms with Crippen LogP contribution in [-0.4, -0.2) is 4.57 Å². The molecule has 7 aromatic carbocycles. The third kappa shape index (κ3) is 5.63. The highest BCUT2D eigenvalue weighted by molar-refractivity contribution is 7.15. The van der Waals surface area contributed by atoms with Gasteiger partial charge in [0.05, 0.1) is 11.0 Å². The molecule has 3 aromatic heterocycles. The van der Waals surface area contributed by atoms with E-state index in [-0.39, 0.29) is 5.41 Å². The second-order valence-corrected chi connectivity index (χ2v) is 16.3. The van der Waals surface area contributed by atoms with Crippen LogP contribution in [0.5, 0.6) is 0 Å². The molecule has 11 rings (SSSR count). The van der Waals surface area contributed by atoms with Gasteiger partial charge in [-0.2, -0.15) is 0 Å². The van der Waals surface area contributed by atoms with E-state index in [0.29, 0.717) is 0 Å². The van der Waals surface area contributed by atoms with Crippen LogP contribution in [0.1, 0.15) is 18.2 Å². The Morgan fingerprint density at radius 3 is 2.04 bits per heavy atom. The average molecular weight is 751 g/mol. The summed E-state index contributed by atoms with van der Waals surface area (Å²) in [6.07, 6.45) is 9.95. The molecule has 0 radical (unpaired) electrons. The highest BCUT2D eigenvalue weighted by Crippen LogP contribution is 2.44. The predicted molar refractivity (Wildman–Crippen MR) is 242 cm³/mol. The number of furan rings is 1. The number of hydrogen-bond acceptors (Lipinski definition) is 3. The van der Waals surface area contributed by atoms with Crippen LogP contribution < -0.4 is 4.90 Å². The number of benzene rings is 7. The lowest BCUT2D eigenvalue weighted by molar-refractivity contribution is 0.613. The van der Waals surface area contributed by atoms with Gasteiger partial charge in [-0.25, -0.2) is 0 Å². The molecule has 3 nitrogen and oxygen atoms in total. The molecule has 3 heterocycles. The molecule has 1 aliphatic rings. The van der Waals surface area contributed by atoms with Crippen LogP contribution in [-0.2, 0) is 5.41 Å². The normalized spacial score (nSPS) is 15.3. The van der Waals surface area contributed by atoms with Crippen molar-refractivity contribution in [1.29, 1.82) is 0 Å². The molecule has 0 N–H and O–H groups in total. The molecule has 1 unspecified atom stereocenters. The molecule has 0 spiro atoms. The number of rotatable bonds is 7. The fourth-order valence-electron chi connectivity index (χ4n) is 8.65. The van der Waals surface area contributed by atoms with E-state index in [2.05, 4.69) is 204 Å². The van der Waals surface area contributed by atoms with Gasteiger partial charge in [-0.3, -0.25) is 0 Å². The van der Waals surface area contributed by atoms with Crippen LogP contribution in [0.4, 0.5) is 17.1 Å². The van der Waals surface area contributed by atoms with Gasteiger partial charge in [-0.15, -0.1) is 11.3 Å². The summed E-state index contributed by atoms with van der Waals surface area (Å²) in [4.78, 5) is 5.06. The molecule has 0 bridgehead atoms. The summed E-state index contributed by atoms with van der Waals surface area (Å²) < 4.78 is 8.81. The maximum atomic E-state index is 6.44. The van der Waals surface area contributed by atoms with Crippen molar-refractivity contribution in [3.63, 3.8) is 0 Å². The molecule has 272 valence electrons. The van der Waals surface area contributed by atoms with E-state index in [4.69, 9.17) is 4.42 Å². The Kier molecular flexibility index (Phi) is 7.87. The van der Waals surface area contributed by atoms with E-state index >= 15 is 0 Å². The van der Waals surface area contributed by atoms with Crippen LogP contribution in [0, 0.1) is 0 Å². The summed E-state index contributed by atoms with van der Waals surface area (Å²) >= 11 is 1.89. The predicted octanol–water partition coefficient (Wildman–Crippen LogP) is 15.3. The number of allylic oxidation sites excluding steroid dienone is 4. The third-order valence-corrected chi connectivity index (χ3v) is 13.0. The van der Waals surface area contributed by atoms with E-state index in [1.165, 1.54) is 37.1 Å². The van der Waals surface area contributed by atoms with E-state index in [1.807, 2.05) is 23.5 Å². The molecule has 0 aliphatic heterocycles. The van der Waals surface area contributed by atoms with Crippen LogP contribution in [0.3, 0.4) is 0 Å². The number of aromatic nitrogens is 1. The maximum Gasteiger partial charge on any atom is 0.143 e. The molecule has 4 heteroatoms. The van der Waals surface area contributed by atoms with E-state index in [9.17, 15) is 0 Å². The summed E-state index contributed by atoms with van der Waals surface area (Å²) in [5.74, 6) is 0. The Hall–Kier alpha value is -6.88. The van der Waals surface area contributed by atoms with Crippen molar-refractivity contribution in [2.75, 3.05) is 4.90 Å². The first-order valence-corrected chi connectivity index (χ1v) is 20.4. The summed E-state index contributed by atoms with van der Waals surface area (Å²) in [5, 5.41) is 4.72. The molecule has 0 saturated heterocycles. The highest BCUT2D eigenvalue weighted by atomic mass is 32.1. The zero-order valence-electron chi connectivity index (χ0n) is 31.5. The zero-order valence-corrected chi connectivity index (χ0v) is 32.3. The standard InChI is InChI=1S/C53H38N2OS/c1-53(33-10-3-11-34-53)51-32-31-50(57-51)37-23-27-40(28-24-37)54(39-25-21-36(22-26-39)42-17-12-18-45-44-16-7-9-20-49(44)56-52(42)45)41-29-30-48-46(35-41)43-15-6-8-19-47(43)55(48)38-13-4-2-5-14-38/h2-33,35H,34H2,1H3. The monoisotopic (exact) mass is 750 g/mol. The Labute approximate surface area is 335 Å². The van der Waals surface area contributed by atoms with Gasteiger partial charge in [-0.1, -0.05) is 128 Å². The fourth-order valence-corrected chi connectivity index (χ4v) is 9.80. The van der Waals surface area contributed by atoms with Gasteiger partial charge in [0, 0.05) is 65.0 Å². The Morgan fingerprint density at radius 2 is 1.25 bits per heavy atom. The molecule has 57 heavy (non-hydrogen) atoms. The molecular weight excluding hydrogens is 713 g/mol. The van der Waals surface area contributed by atoms with Crippen LogP contribution in [0.2, 0.25) is 0 Å². The third-order valence-electron chi connectivity index (χ3n) is 11.6. The summed E-state index contributed by atoms with van der Waals surface area (Å²) in [7, 11) is 0. The van der Waals surface area contributed by atoms with Crippen molar-refractivity contribution in [2.45, 2.75) is 18.8 Å². The van der Waals surface area contributed by atoms with Gasteiger partial charge in [-0.05, 0) is 96.4 Å². The van der Waals surface area contributed by atoms with Crippen LogP contribution in [0.15, 0.2) is 205 Å². The van der Waals surface area contributed by atoms with Gasteiger partial charge in [0.2, 0.25) is 0 Å². The van der Waals surface area contributed by atoms with Crippen molar-refractivity contribution >= 4 is 72.1 Å². The average Bonchev–Trinajstić information content (AvgIpc) is 4.00. The summed E-state index contributed by atoms with van der Waals surface area (Å²) in [6, 6.07) is 63.6. The minimum Gasteiger partial charge on any atom is -0.455 e. The van der Waals surface area contributed by atoms with Gasteiger partial charge in [0.25, 0.3) is 0 Å². The molecule has 0 saturated carbocycles. The maximum absolute atomic E-state index is 6.44. The van der Waals surface area contributed by atoms with E-state index in [1.54, 1.807) is 0 Å². The minimum absolute atomic E-state index is 0.0405. The van der Waals surface area contributed by atoms with Crippen molar-refractivity contribution in [3.8, 4) is 27.3 Å². The molecule has 10 aromatic rings. The van der Waals surface area contributed by atoms with Gasteiger partial charge in [0.1, 0.15) is 11.2 Å². The Morgan fingerprint density at radius 1 is 0.561 bits per heavy atom. The lowest BCUT2D eigenvalue weighted by Crippen LogP contribution is -2.17. The number of para-hydroxylation sites is 4. The molecule has 1 aliphatic carbocycles. The highest BCUT2D eigenvalue weighted by Gasteiger charge is 2.26. The van der Waals surface area contributed by atoms with Crippen molar-refractivity contribution in [1.82, 2.24) is 4.57 Å². The van der Waals surface area contributed by atoms with Gasteiger partial charge >= 0.3 is 0 Å². The number of thiophene rings is 1. The Bertz CT molecular complexity index is 3160. The molecule has 0 amide bonds. The van der Waals surface area contributed by atoms with Crippen molar-refractivity contribution in [3.05, 3.63) is 205 Å². The first-order valence-electron chi connectivity index (χ1n) is 19.6. The smallest absolute Gasteiger partial charge is 0.143 e. The second kappa shape index (κ2) is 13.4. The molecule has 1 atom stereocenters. The van der Waals surface area contributed by atoms with E-state index in [0.717, 1.165) is 62.2 Å². The lowest BCUT2D eigenvalue weighted by Gasteiger charge is -2.26. The summed E-state index contributed by atoms with van der Waals surface area (Å²) in [5.41, 5.74) is 12.1. The van der Waals surface area contributed by atoms with Crippen molar-refractivity contribution < 1.29 is 4.42 Å². The fraction of sp³-hybridized carbons (Fsp3) is 0.0566. The second-order valence-electron chi connectivity index (χ2n) is 15.2. The quantitative estimate of drug-likeness (QED) is 0.162. The SMILES string of the molecule is CC1(c2ccc(-c3ccc(N(c4ccc(-c5cccc6c5oc5ccccc56)cc4)c4ccc5c(c4)c4ccccc4n5-c4ccccc4)cc3)s2)C=CC=CC1. The Balaban J connectivity index is 1.03. The first-order chi connectivity index (χ1) is 28.1. The van der Waals surface area contributed by atoms with Crippen LogP contribution >= 0.6 is 11.3 Å². The molecule has 0 fully saturated rings. The number of nitrogens with zero attached hydrogens (tertiary/aromatic N) is 2. The van der Waals surface area contributed by atoms with Gasteiger partial charge < -0.3 is 13.9 Å². The summed E-state index contributed by atoms with van der Waals surface area (Å²) in [6.45, 7) is 2.33. The molecular formula is C53H38N2OS. The zero-order chi connectivity index (χ0) is 37.9. The van der Waals surface area contributed by atoms with Crippen LogP contribution in [0.25, 0.3) is 71.0 Å². The number of anilines is 3. The lowest BCUT2D eigenvalue weighted by atomic mass is 9.82. The topological polar surface area (TPSA) is 21.3 Å². The van der Waals surface area contributed by atoms with Crippen molar-refractivity contribution in [2.24, 2.45) is 0 Å². The first kappa shape index (κ1) is 33.5. The van der Waals surface area contributed by atoms with Gasteiger partial charge in [0.15, 0.2) is 0 Å². The largest absolute Gasteiger partial charge is 0.455 e. The van der Waals surface area contributed by atoms with E-state index < -0.39 is 0 Å².